The Kier molecular flexibility index (Phi) is 5.50. The Morgan fingerprint density at radius 3 is 1.88 bits per heavy atom. The monoisotopic (exact) mass is 429 g/mol. The summed E-state index contributed by atoms with van der Waals surface area (Å²) in [4.78, 5) is 33.3. The number of imide groups is 1. The summed E-state index contributed by atoms with van der Waals surface area (Å²) in [6, 6.07) is 14.0. The van der Waals surface area contributed by atoms with Crippen LogP contribution in [0.5, 0.6) is 0 Å². The number of rotatable bonds is 4. The van der Waals surface area contributed by atoms with Gasteiger partial charge in [-0.3, -0.25) is 9.59 Å². The molecule has 5 nitrogen and oxygen atoms in total. The summed E-state index contributed by atoms with van der Waals surface area (Å²) >= 11 is 0. The lowest BCUT2D eigenvalue weighted by molar-refractivity contribution is -0.120. The van der Waals surface area contributed by atoms with E-state index in [2.05, 4.69) is 23.6 Å². The number of hydrogen-bond acceptors (Lipinski definition) is 4. The van der Waals surface area contributed by atoms with Crippen LogP contribution in [-0.2, 0) is 9.59 Å². The Morgan fingerprint density at radius 2 is 1.22 bits per heavy atom. The molecule has 0 spiro atoms. The lowest BCUT2D eigenvalue weighted by atomic mass is 9.98. The Hall–Kier alpha value is -3.08. The van der Waals surface area contributed by atoms with Crippen molar-refractivity contribution in [3.63, 3.8) is 0 Å². The highest BCUT2D eigenvalue weighted by atomic mass is 16.2. The minimum Gasteiger partial charge on any atom is -0.372 e. The molecule has 0 N–H and O–H groups in total. The summed E-state index contributed by atoms with van der Waals surface area (Å²) < 4.78 is 0. The second-order valence-electron chi connectivity index (χ2n) is 9.23. The quantitative estimate of drug-likeness (QED) is 0.663. The molecule has 0 radical (unpaired) electrons. The summed E-state index contributed by atoms with van der Waals surface area (Å²) in [6.07, 6.45) is 5.71. The molecule has 3 aliphatic rings. The van der Waals surface area contributed by atoms with Crippen LogP contribution in [0.25, 0.3) is 5.57 Å². The molecule has 0 unspecified atom stereocenters. The van der Waals surface area contributed by atoms with E-state index in [-0.39, 0.29) is 11.8 Å². The third-order valence-corrected chi connectivity index (χ3v) is 7.11. The van der Waals surface area contributed by atoms with Gasteiger partial charge in [-0.1, -0.05) is 18.2 Å². The number of hydrogen-bond donors (Lipinski definition) is 0. The van der Waals surface area contributed by atoms with Crippen molar-refractivity contribution in [1.82, 2.24) is 4.90 Å². The number of carbonyl (C=O) groups is 2. The zero-order valence-electron chi connectivity index (χ0n) is 19.1. The van der Waals surface area contributed by atoms with Crippen molar-refractivity contribution >= 4 is 28.8 Å². The average Bonchev–Trinajstić information content (AvgIpc) is 3.43. The van der Waals surface area contributed by atoms with Crippen LogP contribution in [-0.4, -0.2) is 42.9 Å². The van der Waals surface area contributed by atoms with Gasteiger partial charge >= 0.3 is 0 Å². The van der Waals surface area contributed by atoms with Gasteiger partial charge in [-0.25, -0.2) is 4.90 Å². The first-order chi connectivity index (χ1) is 15.5. The van der Waals surface area contributed by atoms with E-state index in [0.29, 0.717) is 17.0 Å². The molecular weight excluding hydrogens is 398 g/mol. The Balaban J connectivity index is 1.53. The van der Waals surface area contributed by atoms with Gasteiger partial charge in [0.15, 0.2) is 0 Å². The number of piperidine rings is 1. The van der Waals surface area contributed by atoms with E-state index in [9.17, 15) is 9.59 Å². The molecular formula is C27H31N3O2. The van der Waals surface area contributed by atoms with E-state index < -0.39 is 0 Å². The van der Waals surface area contributed by atoms with Crippen molar-refractivity contribution in [3.8, 4) is 0 Å². The third kappa shape index (κ3) is 3.60. The molecule has 5 rings (SSSR count). The maximum absolute atomic E-state index is 13.7. The highest BCUT2D eigenvalue weighted by Crippen LogP contribution is 2.37. The highest BCUT2D eigenvalue weighted by molar-refractivity contribution is 6.45. The number of nitrogens with zero attached hydrogens (tertiary/aromatic N) is 3. The highest BCUT2D eigenvalue weighted by Gasteiger charge is 2.42. The molecule has 2 aromatic rings. The fourth-order valence-electron chi connectivity index (χ4n) is 5.11. The summed E-state index contributed by atoms with van der Waals surface area (Å²) in [5.74, 6) is -0.410. The normalized spacial score (nSPS) is 19.5. The zero-order chi connectivity index (χ0) is 22.2. The van der Waals surface area contributed by atoms with E-state index in [1.807, 2.05) is 42.5 Å². The van der Waals surface area contributed by atoms with Crippen molar-refractivity contribution in [3.05, 3.63) is 64.9 Å². The SMILES string of the molecule is Cc1ccc(C2=C(N3CCCCC3)C(=O)N(c3ccc(N4CCCC4)cc3)C2=O)cc1C. The molecule has 166 valence electrons. The number of benzene rings is 2. The molecule has 2 aromatic carbocycles. The number of anilines is 2. The van der Waals surface area contributed by atoms with Crippen LogP contribution in [0.4, 0.5) is 11.4 Å². The molecule has 5 heteroatoms. The second kappa shape index (κ2) is 8.45. The molecule has 3 heterocycles. The fraction of sp³-hybridized carbons (Fsp3) is 0.407. The molecule has 0 saturated carbocycles. The molecule has 0 aliphatic carbocycles. The Bertz CT molecular complexity index is 1070. The lowest BCUT2D eigenvalue weighted by Crippen LogP contribution is -2.37. The van der Waals surface area contributed by atoms with E-state index in [1.165, 1.54) is 29.7 Å². The fourth-order valence-corrected chi connectivity index (χ4v) is 5.11. The smallest absolute Gasteiger partial charge is 0.282 e. The van der Waals surface area contributed by atoms with Crippen LogP contribution in [0.3, 0.4) is 0 Å². The van der Waals surface area contributed by atoms with E-state index in [0.717, 1.165) is 55.8 Å². The number of amides is 2. The number of likely N-dealkylation sites (tertiary alicyclic amines) is 1. The lowest BCUT2D eigenvalue weighted by Gasteiger charge is -2.29. The molecule has 2 amide bonds. The van der Waals surface area contributed by atoms with Gasteiger partial charge in [0.25, 0.3) is 11.8 Å². The first-order valence-electron chi connectivity index (χ1n) is 11.9. The van der Waals surface area contributed by atoms with E-state index in [4.69, 9.17) is 0 Å². The predicted octanol–water partition coefficient (Wildman–Crippen LogP) is 4.67. The van der Waals surface area contributed by atoms with E-state index in [1.54, 1.807) is 0 Å². The largest absolute Gasteiger partial charge is 0.372 e. The second-order valence-corrected chi connectivity index (χ2v) is 9.23. The molecule has 2 fully saturated rings. The maximum atomic E-state index is 13.7. The van der Waals surface area contributed by atoms with Crippen LogP contribution >= 0.6 is 0 Å². The number of carbonyl (C=O) groups excluding carboxylic acids is 2. The van der Waals surface area contributed by atoms with Gasteiger partial charge in [0.05, 0.1) is 11.3 Å². The van der Waals surface area contributed by atoms with Crippen LogP contribution in [0, 0.1) is 13.8 Å². The molecule has 0 bridgehead atoms. The van der Waals surface area contributed by atoms with Gasteiger partial charge in [-0.15, -0.1) is 0 Å². The summed E-state index contributed by atoms with van der Waals surface area (Å²) in [7, 11) is 0. The summed E-state index contributed by atoms with van der Waals surface area (Å²) in [5, 5.41) is 0. The van der Waals surface area contributed by atoms with Crippen molar-refractivity contribution in [1.29, 1.82) is 0 Å². The van der Waals surface area contributed by atoms with Crippen LogP contribution in [0.15, 0.2) is 48.2 Å². The molecule has 3 aliphatic heterocycles. The van der Waals surface area contributed by atoms with Crippen molar-refractivity contribution in [2.75, 3.05) is 36.0 Å². The van der Waals surface area contributed by atoms with Crippen molar-refractivity contribution in [2.45, 2.75) is 46.0 Å². The van der Waals surface area contributed by atoms with Crippen molar-refractivity contribution in [2.24, 2.45) is 0 Å². The molecule has 2 saturated heterocycles. The molecule has 0 aromatic heterocycles. The van der Waals surface area contributed by atoms with Gasteiger partial charge in [0.2, 0.25) is 0 Å². The maximum Gasteiger partial charge on any atom is 0.282 e. The minimum absolute atomic E-state index is 0.195. The standard InChI is InChI=1S/C27H31N3O2/c1-19-8-9-21(18-20(19)2)24-25(29-16-4-3-5-17-29)27(32)30(26(24)31)23-12-10-22(11-13-23)28-14-6-7-15-28/h8-13,18H,3-7,14-17H2,1-2H3. The van der Waals surface area contributed by atoms with Crippen LogP contribution in [0.1, 0.15) is 48.8 Å². The topological polar surface area (TPSA) is 43.9 Å². The van der Waals surface area contributed by atoms with Gasteiger partial charge in [0, 0.05) is 31.9 Å². The number of aryl methyl sites for hydroxylation is 2. The summed E-state index contributed by atoms with van der Waals surface area (Å²) in [6.45, 7) is 7.90. The van der Waals surface area contributed by atoms with Crippen molar-refractivity contribution < 1.29 is 9.59 Å². The summed E-state index contributed by atoms with van der Waals surface area (Å²) in [5.41, 5.74) is 6.07. The van der Waals surface area contributed by atoms with E-state index >= 15 is 0 Å². The van der Waals surface area contributed by atoms with Gasteiger partial charge in [-0.05, 0) is 86.9 Å². The van der Waals surface area contributed by atoms with Gasteiger partial charge < -0.3 is 9.80 Å². The average molecular weight is 430 g/mol. The van der Waals surface area contributed by atoms with Gasteiger partial charge in [-0.2, -0.15) is 0 Å². The first kappa shape index (κ1) is 20.8. The minimum atomic E-state index is -0.215. The van der Waals surface area contributed by atoms with Gasteiger partial charge in [0.1, 0.15) is 5.70 Å². The molecule has 0 atom stereocenters. The van der Waals surface area contributed by atoms with Crippen LogP contribution in [0.2, 0.25) is 0 Å². The molecule has 32 heavy (non-hydrogen) atoms. The Labute approximate surface area is 190 Å². The zero-order valence-corrected chi connectivity index (χ0v) is 19.1. The predicted molar refractivity (Wildman–Crippen MR) is 129 cm³/mol. The Morgan fingerprint density at radius 1 is 0.625 bits per heavy atom. The van der Waals surface area contributed by atoms with Crippen LogP contribution < -0.4 is 9.80 Å². The third-order valence-electron chi connectivity index (χ3n) is 7.11. The first-order valence-corrected chi connectivity index (χ1v) is 11.9.